The number of halogens is 2. The van der Waals surface area contributed by atoms with E-state index in [9.17, 15) is 22.0 Å². The zero-order valence-electron chi connectivity index (χ0n) is 16.3. The van der Waals surface area contributed by atoms with E-state index in [0.29, 0.717) is 12.1 Å². The summed E-state index contributed by atoms with van der Waals surface area (Å²) in [6.07, 6.45) is 2.88. The summed E-state index contributed by atoms with van der Waals surface area (Å²) in [6.45, 7) is 1.46. The second-order valence-electron chi connectivity index (χ2n) is 6.36. The normalized spacial score (nSPS) is 11.5. The second-order valence-corrected chi connectivity index (χ2v) is 8.20. The molecule has 1 aromatic carbocycles. The molecular weight excluding hydrogens is 436 g/mol. The number of aliphatic hydroxyl groups is 1. The van der Waals surface area contributed by atoms with Crippen molar-refractivity contribution in [3.05, 3.63) is 47.8 Å². The van der Waals surface area contributed by atoms with Crippen molar-refractivity contribution in [1.82, 2.24) is 14.6 Å². The summed E-state index contributed by atoms with van der Waals surface area (Å²) in [5.41, 5.74) is -1.05. The van der Waals surface area contributed by atoms with Crippen molar-refractivity contribution in [2.45, 2.75) is 13.3 Å². The fraction of sp³-hybridized carbons (Fsp3) is 0.278. The van der Waals surface area contributed by atoms with E-state index in [-0.39, 0.29) is 30.5 Å². The molecule has 0 saturated carbocycles. The Morgan fingerprint density at radius 1 is 1.32 bits per heavy atom. The predicted molar refractivity (Wildman–Crippen MR) is 108 cm³/mol. The van der Waals surface area contributed by atoms with Crippen molar-refractivity contribution in [2.75, 3.05) is 29.0 Å². The third-order valence-corrected chi connectivity index (χ3v) is 5.42. The molecule has 0 aliphatic carbocycles. The first-order valence-electron chi connectivity index (χ1n) is 9.13. The largest absolute Gasteiger partial charge is 0.474 e. The van der Waals surface area contributed by atoms with Gasteiger partial charge < -0.3 is 15.2 Å². The zero-order chi connectivity index (χ0) is 22.6. The Hall–Kier alpha value is -3.32. The number of nitrogens with one attached hydrogen (secondary N) is 2. The van der Waals surface area contributed by atoms with Crippen LogP contribution in [0.4, 0.5) is 20.2 Å². The molecule has 0 spiro atoms. The number of nitrogens with zero attached hydrogens (tertiary/aromatic N) is 3. The molecule has 0 radical (unpaired) electrons. The topological polar surface area (TPSA) is 135 Å². The van der Waals surface area contributed by atoms with Crippen LogP contribution < -0.4 is 14.8 Å². The van der Waals surface area contributed by atoms with E-state index in [4.69, 9.17) is 9.84 Å². The van der Waals surface area contributed by atoms with Gasteiger partial charge in [-0.1, -0.05) is 6.92 Å². The van der Waals surface area contributed by atoms with Crippen LogP contribution in [0.3, 0.4) is 0 Å². The summed E-state index contributed by atoms with van der Waals surface area (Å²) in [5, 5.41) is 15.1. The van der Waals surface area contributed by atoms with Gasteiger partial charge in [-0.05, 0) is 18.6 Å². The molecular formula is C18H19F2N5O5S. The summed E-state index contributed by atoms with van der Waals surface area (Å²) in [6, 6.07) is 3.19. The van der Waals surface area contributed by atoms with E-state index in [1.807, 2.05) is 4.72 Å². The molecule has 166 valence electrons. The first kappa shape index (κ1) is 22.4. The van der Waals surface area contributed by atoms with Crippen molar-refractivity contribution in [3.8, 4) is 5.88 Å². The van der Waals surface area contributed by atoms with Crippen LogP contribution >= 0.6 is 0 Å². The number of hydrogen-bond acceptors (Lipinski definition) is 7. The van der Waals surface area contributed by atoms with Gasteiger partial charge >= 0.3 is 0 Å². The molecule has 0 aliphatic heterocycles. The summed E-state index contributed by atoms with van der Waals surface area (Å²) >= 11 is 0. The molecule has 0 fully saturated rings. The lowest BCUT2D eigenvalue weighted by molar-refractivity contribution is 0.101. The number of aliphatic hydroxyl groups excluding tert-OH is 1. The van der Waals surface area contributed by atoms with E-state index in [1.54, 1.807) is 6.92 Å². The molecule has 0 bridgehead atoms. The summed E-state index contributed by atoms with van der Waals surface area (Å²) in [4.78, 5) is 16.6. The Kier molecular flexibility index (Phi) is 6.65. The number of aromatic nitrogens is 3. The van der Waals surface area contributed by atoms with Gasteiger partial charge in [-0.15, -0.1) is 5.10 Å². The minimum atomic E-state index is -3.84. The van der Waals surface area contributed by atoms with Gasteiger partial charge in [-0.3, -0.25) is 9.52 Å². The summed E-state index contributed by atoms with van der Waals surface area (Å²) in [5.74, 6) is -3.72. The quantitative estimate of drug-likeness (QED) is 0.448. The van der Waals surface area contributed by atoms with Crippen LogP contribution in [0.15, 0.2) is 30.6 Å². The lowest BCUT2D eigenvalue weighted by Crippen LogP contribution is -2.20. The van der Waals surface area contributed by atoms with Gasteiger partial charge in [0.15, 0.2) is 11.5 Å². The van der Waals surface area contributed by atoms with Gasteiger partial charge in [0.2, 0.25) is 15.9 Å². The molecule has 2 aromatic heterocycles. The Morgan fingerprint density at radius 2 is 2.10 bits per heavy atom. The van der Waals surface area contributed by atoms with Gasteiger partial charge in [0, 0.05) is 6.07 Å². The number of carbonyl (C=O) groups is 1. The van der Waals surface area contributed by atoms with E-state index in [1.165, 1.54) is 23.0 Å². The lowest BCUT2D eigenvalue weighted by Gasteiger charge is -2.12. The van der Waals surface area contributed by atoms with Crippen LogP contribution in [0.1, 0.15) is 23.7 Å². The number of carbonyl (C=O) groups excluding carboxylic acids is 1. The minimum absolute atomic E-state index is 0.0321. The molecule has 2 heterocycles. The van der Waals surface area contributed by atoms with E-state index in [0.717, 1.165) is 12.1 Å². The molecule has 3 rings (SSSR count). The third kappa shape index (κ3) is 5.24. The monoisotopic (exact) mass is 455 g/mol. The Balaban J connectivity index is 1.85. The molecule has 0 aliphatic rings. The maximum atomic E-state index is 14.7. The van der Waals surface area contributed by atoms with Crippen molar-refractivity contribution < 1.29 is 31.8 Å². The lowest BCUT2D eigenvalue weighted by atomic mass is 10.1. The number of rotatable bonds is 9. The molecule has 3 aromatic rings. The van der Waals surface area contributed by atoms with Gasteiger partial charge in [-0.25, -0.2) is 26.7 Å². The molecule has 31 heavy (non-hydrogen) atoms. The number of ether oxygens (including phenoxy) is 1. The van der Waals surface area contributed by atoms with E-state index in [2.05, 4.69) is 15.4 Å². The maximum Gasteiger partial charge on any atom is 0.261 e. The molecule has 0 unspecified atom stereocenters. The van der Waals surface area contributed by atoms with Crippen LogP contribution in [-0.4, -0.2) is 53.0 Å². The van der Waals surface area contributed by atoms with Crippen molar-refractivity contribution in [1.29, 1.82) is 0 Å². The average molecular weight is 455 g/mol. The van der Waals surface area contributed by atoms with Crippen LogP contribution in [0.2, 0.25) is 0 Å². The Labute approximate surface area is 175 Å². The van der Waals surface area contributed by atoms with Crippen LogP contribution in [0.25, 0.3) is 5.65 Å². The molecule has 0 saturated heterocycles. The van der Waals surface area contributed by atoms with Crippen molar-refractivity contribution in [3.63, 3.8) is 0 Å². The fourth-order valence-electron chi connectivity index (χ4n) is 2.66. The average Bonchev–Trinajstić information content (AvgIpc) is 3.10. The second kappa shape index (κ2) is 9.22. The van der Waals surface area contributed by atoms with Gasteiger partial charge in [0.1, 0.15) is 18.0 Å². The maximum absolute atomic E-state index is 14.7. The number of amides is 1. The Bertz CT molecular complexity index is 1220. The number of sulfonamides is 1. The summed E-state index contributed by atoms with van der Waals surface area (Å²) < 4.78 is 61.1. The number of hydrogen-bond donors (Lipinski definition) is 3. The van der Waals surface area contributed by atoms with Crippen molar-refractivity contribution >= 4 is 33.0 Å². The van der Waals surface area contributed by atoms with E-state index >= 15 is 0 Å². The first-order valence-corrected chi connectivity index (χ1v) is 10.8. The van der Waals surface area contributed by atoms with Crippen LogP contribution in [0.5, 0.6) is 5.88 Å². The van der Waals surface area contributed by atoms with Gasteiger partial charge in [-0.2, -0.15) is 0 Å². The highest BCUT2D eigenvalue weighted by atomic mass is 32.2. The Morgan fingerprint density at radius 3 is 2.81 bits per heavy atom. The predicted octanol–water partition coefficient (Wildman–Crippen LogP) is 1.78. The van der Waals surface area contributed by atoms with E-state index < -0.39 is 38.8 Å². The highest BCUT2D eigenvalue weighted by Gasteiger charge is 2.23. The molecule has 1 amide bonds. The summed E-state index contributed by atoms with van der Waals surface area (Å²) in [7, 11) is -3.84. The fourth-order valence-corrected chi connectivity index (χ4v) is 3.79. The molecule has 0 atom stereocenters. The molecule has 13 heteroatoms. The number of fused-ring (bicyclic) bond motifs is 1. The standard InChI is InChI=1S/C18H19F2N5O5S/c1-2-7-31(28,29)24-13-4-3-12(19)16(17(13)20)18(27)22-11-9-21-14-8-15(30-6-5-26)23-25(14)10-11/h3-4,8-10,24,26H,2,5-7H2,1H3,(H,22,27). The number of anilines is 2. The SMILES string of the molecule is CCCS(=O)(=O)Nc1ccc(F)c(C(=O)Nc2cnc3cc(OCCO)nn3c2)c1F. The third-order valence-electron chi connectivity index (χ3n) is 3.95. The zero-order valence-corrected chi connectivity index (χ0v) is 17.1. The molecule has 3 N–H and O–H groups in total. The van der Waals surface area contributed by atoms with Gasteiger partial charge in [0.05, 0.1) is 36.1 Å². The minimum Gasteiger partial charge on any atom is -0.474 e. The smallest absolute Gasteiger partial charge is 0.261 e. The van der Waals surface area contributed by atoms with Crippen LogP contribution in [0, 0.1) is 11.6 Å². The highest BCUT2D eigenvalue weighted by molar-refractivity contribution is 7.92. The van der Waals surface area contributed by atoms with Gasteiger partial charge in [0.25, 0.3) is 5.91 Å². The van der Waals surface area contributed by atoms with Crippen molar-refractivity contribution in [2.24, 2.45) is 0 Å². The first-order chi connectivity index (χ1) is 14.7. The number of benzene rings is 1. The van der Waals surface area contributed by atoms with Crippen LogP contribution in [-0.2, 0) is 10.0 Å². The molecule has 10 nitrogen and oxygen atoms in total. The highest BCUT2D eigenvalue weighted by Crippen LogP contribution is 2.24.